The van der Waals surface area contributed by atoms with Crippen molar-refractivity contribution in [3.63, 3.8) is 0 Å². The summed E-state index contributed by atoms with van der Waals surface area (Å²) in [5.41, 5.74) is 2.53. The Morgan fingerprint density at radius 2 is 2.00 bits per heavy atom. The Hall–Kier alpha value is -1.42. The van der Waals surface area contributed by atoms with Gasteiger partial charge in [0.05, 0.1) is 14.2 Å². The van der Waals surface area contributed by atoms with Crippen LogP contribution in [0, 0.1) is 0 Å². The second-order valence-corrected chi connectivity index (χ2v) is 2.18. The number of benzene rings is 1. The Morgan fingerprint density at radius 1 is 1.25 bits per heavy atom. The summed E-state index contributed by atoms with van der Waals surface area (Å²) in [6.07, 6.45) is 0. The molecule has 4 heteroatoms. The fraction of sp³-hybridized carbons (Fsp3) is 0.250. The van der Waals surface area contributed by atoms with Crippen LogP contribution in [0.1, 0.15) is 0 Å². The first-order chi connectivity index (χ1) is 5.81. The smallest absolute Gasteiger partial charge is 0.147 e. The average molecular weight is 169 g/mol. The van der Waals surface area contributed by atoms with Crippen LogP contribution >= 0.6 is 0 Å². The normalized spacial score (nSPS) is 9.25. The topological polar surface area (TPSA) is 50.7 Å². The Labute approximate surface area is 70.7 Å². The zero-order valence-electron chi connectivity index (χ0n) is 7.00. The molecule has 0 unspecified atom stereocenters. The zero-order chi connectivity index (χ0) is 8.97. The number of ether oxygens (including phenoxy) is 2. The van der Waals surface area contributed by atoms with Crippen LogP contribution in [0.2, 0.25) is 0 Å². The van der Waals surface area contributed by atoms with Crippen molar-refractivity contribution in [2.45, 2.75) is 0 Å². The molecule has 0 amide bonds. The molecule has 0 radical (unpaired) electrons. The standard InChI is InChI=1S/C8H11NO3/c1-11-6-3-4-7(9-10)8(5-6)12-2/h3-5,9-10H,1-2H3. The van der Waals surface area contributed by atoms with E-state index in [1.165, 1.54) is 7.11 Å². The van der Waals surface area contributed by atoms with Crippen LogP contribution < -0.4 is 15.0 Å². The van der Waals surface area contributed by atoms with Crippen molar-refractivity contribution in [3.8, 4) is 11.5 Å². The largest absolute Gasteiger partial charge is 0.497 e. The third-order valence-electron chi connectivity index (χ3n) is 1.53. The van der Waals surface area contributed by atoms with Crippen LogP contribution in [0.4, 0.5) is 5.69 Å². The molecule has 1 aromatic carbocycles. The molecule has 2 N–H and O–H groups in total. The van der Waals surface area contributed by atoms with Crippen molar-refractivity contribution in [1.82, 2.24) is 0 Å². The predicted octanol–water partition coefficient (Wildman–Crippen LogP) is 1.50. The van der Waals surface area contributed by atoms with Crippen LogP contribution in [0.25, 0.3) is 0 Å². The van der Waals surface area contributed by atoms with Gasteiger partial charge in [0.15, 0.2) is 0 Å². The fourth-order valence-electron chi connectivity index (χ4n) is 0.891. The molecule has 0 saturated heterocycles. The lowest BCUT2D eigenvalue weighted by Crippen LogP contribution is -1.94. The molecule has 0 aliphatic heterocycles. The Kier molecular flexibility index (Phi) is 2.76. The van der Waals surface area contributed by atoms with Crippen molar-refractivity contribution in [2.75, 3.05) is 19.7 Å². The third kappa shape index (κ3) is 1.60. The molecule has 0 atom stereocenters. The number of anilines is 1. The summed E-state index contributed by atoms with van der Waals surface area (Å²) < 4.78 is 9.94. The summed E-state index contributed by atoms with van der Waals surface area (Å²) in [5, 5.41) is 8.64. The molecule has 12 heavy (non-hydrogen) atoms. The van der Waals surface area contributed by atoms with Gasteiger partial charge in [0.2, 0.25) is 0 Å². The monoisotopic (exact) mass is 169 g/mol. The third-order valence-corrected chi connectivity index (χ3v) is 1.53. The lowest BCUT2D eigenvalue weighted by molar-refractivity contribution is 0.369. The highest BCUT2D eigenvalue weighted by Crippen LogP contribution is 2.28. The highest BCUT2D eigenvalue weighted by Gasteiger charge is 2.02. The van der Waals surface area contributed by atoms with Gasteiger partial charge < -0.3 is 9.47 Å². The first kappa shape index (κ1) is 8.67. The first-order valence-corrected chi connectivity index (χ1v) is 3.44. The minimum absolute atomic E-state index is 0.512. The minimum Gasteiger partial charge on any atom is -0.497 e. The van der Waals surface area contributed by atoms with E-state index in [2.05, 4.69) is 0 Å². The van der Waals surface area contributed by atoms with Gasteiger partial charge >= 0.3 is 0 Å². The molecule has 4 nitrogen and oxygen atoms in total. The molecule has 0 bridgehead atoms. The number of rotatable bonds is 3. The SMILES string of the molecule is COc1ccc(NO)c(OC)c1. The van der Waals surface area contributed by atoms with Gasteiger partial charge in [-0.2, -0.15) is 0 Å². The molecule has 0 fully saturated rings. The summed E-state index contributed by atoms with van der Waals surface area (Å²) in [5.74, 6) is 1.22. The van der Waals surface area contributed by atoms with Crippen LogP contribution in [0.15, 0.2) is 18.2 Å². The summed E-state index contributed by atoms with van der Waals surface area (Å²) in [6, 6.07) is 5.07. The summed E-state index contributed by atoms with van der Waals surface area (Å²) in [4.78, 5) is 0. The van der Waals surface area contributed by atoms with E-state index in [0.717, 1.165) is 0 Å². The lowest BCUT2D eigenvalue weighted by atomic mass is 10.3. The van der Waals surface area contributed by atoms with E-state index in [-0.39, 0.29) is 0 Å². The van der Waals surface area contributed by atoms with E-state index in [1.54, 1.807) is 25.3 Å². The second-order valence-electron chi connectivity index (χ2n) is 2.18. The molecule has 0 saturated carbocycles. The molecular weight excluding hydrogens is 158 g/mol. The van der Waals surface area contributed by atoms with E-state index in [9.17, 15) is 0 Å². The van der Waals surface area contributed by atoms with E-state index < -0.39 is 0 Å². The average Bonchev–Trinajstić information content (AvgIpc) is 2.16. The Bertz CT molecular complexity index is 262. The van der Waals surface area contributed by atoms with E-state index >= 15 is 0 Å². The molecule has 0 aromatic heterocycles. The van der Waals surface area contributed by atoms with Gasteiger partial charge in [-0.25, -0.2) is 0 Å². The van der Waals surface area contributed by atoms with E-state index in [1.807, 2.05) is 5.48 Å². The number of hydrogen-bond donors (Lipinski definition) is 2. The van der Waals surface area contributed by atoms with Gasteiger partial charge in [0, 0.05) is 6.07 Å². The van der Waals surface area contributed by atoms with Gasteiger partial charge in [-0.1, -0.05) is 0 Å². The van der Waals surface area contributed by atoms with Gasteiger partial charge in [0.1, 0.15) is 17.2 Å². The van der Waals surface area contributed by atoms with Gasteiger partial charge in [-0.05, 0) is 12.1 Å². The molecule has 0 spiro atoms. The van der Waals surface area contributed by atoms with Crippen molar-refractivity contribution >= 4 is 5.69 Å². The molecule has 1 rings (SSSR count). The molecular formula is C8H11NO3. The van der Waals surface area contributed by atoms with Crippen LogP contribution in [-0.4, -0.2) is 19.4 Å². The van der Waals surface area contributed by atoms with Crippen LogP contribution in [-0.2, 0) is 0 Å². The van der Waals surface area contributed by atoms with Gasteiger partial charge in [-0.3, -0.25) is 10.7 Å². The Balaban J connectivity index is 3.02. The van der Waals surface area contributed by atoms with Gasteiger partial charge in [0.25, 0.3) is 0 Å². The molecule has 1 aromatic rings. The van der Waals surface area contributed by atoms with E-state index in [4.69, 9.17) is 14.7 Å². The van der Waals surface area contributed by atoms with E-state index in [0.29, 0.717) is 17.2 Å². The highest BCUT2D eigenvalue weighted by molar-refractivity contribution is 5.57. The maximum absolute atomic E-state index is 8.64. The minimum atomic E-state index is 0.512. The van der Waals surface area contributed by atoms with Crippen molar-refractivity contribution in [2.24, 2.45) is 0 Å². The lowest BCUT2D eigenvalue weighted by Gasteiger charge is -2.08. The molecule has 0 aliphatic rings. The van der Waals surface area contributed by atoms with Crippen molar-refractivity contribution in [1.29, 1.82) is 0 Å². The molecule has 66 valence electrons. The Morgan fingerprint density at radius 3 is 2.50 bits per heavy atom. The number of hydrogen-bond acceptors (Lipinski definition) is 4. The van der Waals surface area contributed by atoms with Crippen molar-refractivity contribution in [3.05, 3.63) is 18.2 Å². The summed E-state index contributed by atoms with van der Waals surface area (Å²) >= 11 is 0. The second kappa shape index (κ2) is 3.82. The van der Waals surface area contributed by atoms with Crippen LogP contribution in [0.3, 0.4) is 0 Å². The zero-order valence-corrected chi connectivity index (χ0v) is 7.00. The van der Waals surface area contributed by atoms with Crippen molar-refractivity contribution < 1.29 is 14.7 Å². The highest BCUT2D eigenvalue weighted by atomic mass is 16.5. The fourth-order valence-corrected chi connectivity index (χ4v) is 0.891. The predicted molar refractivity (Wildman–Crippen MR) is 45.0 cm³/mol. The maximum Gasteiger partial charge on any atom is 0.147 e. The first-order valence-electron chi connectivity index (χ1n) is 3.44. The van der Waals surface area contributed by atoms with Crippen LogP contribution in [0.5, 0.6) is 11.5 Å². The number of nitrogens with one attached hydrogen (secondary N) is 1. The summed E-state index contributed by atoms with van der Waals surface area (Å²) in [7, 11) is 3.09. The molecule has 0 heterocycles. The van der Waals surface area contributed by atoms with Gasteiger partial charge in [-0.15, -0.1) is 0 Å². The quantitative estimate of drug-likeness (QED) is 0.673. The summed E-state index contributed by atoms with van der Waals surface area (Å²) in [6.45, 7) is 0. The molecule has 0 aliphatic carbocycles. The number of methoxy groups -OCH3 is 2. The maximum atomic E-state index is 8.64.